The van der Waals surface area contributed by atoms with E-state index >= 15 is 0 Å². The van der Waals surface area contributed by atoms with Gasteiger partial charge in [0, 0.05) is 52.9 Å². The van der Waals surface area contributed by atoms with Crippen LogP contribution in [0, 0.1) is 0 Å². The lowest BCUT2D eigenvalue weighted by atomic mass is 10.2. The summed E-state index contributed by atoms with van der Waals surface area (Å²) in [4.78, 5) is 19.1. The van der Waals surface area contributed by atoms with Crippen LogP contribution in [-0.4, -0.2) is 86.2 Å². The fourth-order valence-electron chi connectivity index (χ4n) is 2.95. The molecule has 2 rings (SSSR count). The summed E-state index contributed by atoms with van der Waals surface area (Å²) in [5.74, 6) is 0.322. The van der Waals surface area contributed by atoms with Gasteiger partial charge in [0.1, 0.15) is 0 Å². The van der Waals surface area contributed by atoms with Crippen molar-refractivity contribution in [3.05, 3.63) is 0 Å². The average molecular weight is 269 g/mol. The number of hydrogen-bond acceptors (Lipinski definition) is 4. The predicted molar refractivity (Wildman–Crippen MR) is 75.2 cm³/mol. The smallest absolute Gasteiger partial charge is 0.239 e. The standard InChI is InChI=1S/C14H27N3O2/c1-13(14(18)17-5-3-4-6-17)16-9-7-15(8-10-16)11-12-19-2/h13H,3-12H2,1-2H3. The number of nitrogens with zero attached hydrogens (tertiary/aromatic N) is 3. The van der Waals surface area contributed by atoms with Crippen LogP contribution in [0.25, 0.3) is 0 Å². The Kier molecular flexibility index (Phi) is 5.60. The molecule has 2 fully saturated rings. The Hall–Kier alpha value is -0.650. The molecular formula is C14H27N3O2. The van der Waals surface area contributed by atoms with E-state index in [2.05, 4.69) is 16.7 Å². The maximum Gasteiger partial charge on any atom is 0.239 e. The number of likely N-dealkylation sites (tertiary alicyclic amines) is 1. The summed E-state index contributed by atoms with van der Waals surface area (Å²) in [5, 5.41) is 0. The van der Waals surface area contributed by atoms with Crippen LogP contribution in [0.4, 0.5) is 0 Å². The van der Waals surface area contributed by atoms with Gasteiger partial charge in [-0.1, -0.05) is 0 Å². The van der Waals surface area contributed by atoms with Crippen LogP contribution >= 0.6 is 0 Å². The van der Waals surface area contributed by atoms with Crippen molar-refractivity contribution in [3.8, 4) is 0 Å². The summed E-state index contributed by atoms with van der Waals surface area (Å²) < 4.78 is 5.11. The van der Waals surface area contributed by atoms with E-state index in [-0.39, 0.29) is 6.04 Å². The Balaban J connectivity index is 1.75. The molecule has 0 aromatic carbocycles. The molecule has 2 saturated heterocycles. The molecule has 1 unspecified atom stereocenters. The first kappa shape index (κ1) is 14.8. The Bertz CT molecular complexity index is 284. The highest BCUT2D eigenvalue weighted by molar-refractivity contribution is 5.81. The highest BCUT2D eigenvalue weighted by Crippen LogP contribution is 2.13. The van der Waals surface area contributed by atoms with Gasteiger partial charge in [-0.05, 0) is 19.8 Å². The summed E-state index contributed by atoms with van der Waals surface area (Å²) in [7, 11) is 1.74. The molecule has 0 aliphatic carbocycles. The van der Waals surface area contributed by atoms with Gasteiger partial charge < -0.3 is 9.64 Å². The molecule has 2 heterocycles. The third-order valence-corrected chi connectivity index (χ3v) is 4.34. The normalized spacial score (nSPS) is 23.8. The molecule has 0 radical (unpaired) electrons. The quantitative estimate of drug-likeness (QED) is 0.717. The molecule has 0 aromatic heterocycles. The molecule has 0 N–H and O–H groups in total. The van der Waals surface area contributed by atoms with Gasteiger partial charge >= 0.3 is 0 Å². The van der Waals surface area contributed by atoms with Crippen LogP contribution in [-0.2, 0) is 9.53 Å². The van der Waals surface area contributed by atoms with Crippen molar-refractivity contribution in [2.75, 3.05) is 59.5 Å². The molecule has 110 valence electrons. The van der Waals surface area contributed by atoms with Crippen molar-refractivity contribution in [2.45, 2.75) is 25.8 Å². The number of piperazine rings is 1. The van der Waals surface area contributed by atoms with Crippen molar-refractivity contribution in [2.24, 2.45) is 0 Å². The lowest BCUT2D eigenvalue weighted by molar-refractivity contribution is -0.136. The van der Waals surface area contributed by atoms with Crippen LogP contribution in [0.5, 0.6) is 0 Å². The number of carbonyl (C=O) groups is 1. The summed E-state index contributed by atoms with van der Waals surface area (Å²) in [6.07, 6.45) is 2.34. The second kappa shape index (κ2) is 7.22. The molecule has 0 saturated carbocycles. The molecule has 2 aliphatic heterocycles. The van der Waals surface area contributed by atoms with E-state index in [4.69, 9.17) is 4.74 Å². The number of ether oxygens (including phenoxy) is 1. The van der Waals surface area contributed by atoms with E-state index < -0.39 is 0 Å². The molecule has 0 bridgehead atoms. The Morgan fingerprint density at radius 2 is 1.74 bits per heavy atom. The lowest BCUT2D eigenvalue weighted by Crippen LogP contribution is -2.54. The van der Waals surface area contributed by atoms with Crippen molar-refractivity contribution in [3.63, 3.8) is 0 Å². The third kappa shape index (κ3) is 3.91. The van der Waals surface area contributed by atoms with Crippen LogP contribution < -0.4 is 0 Å². The topological polar surface area (TPSA) is 36.0 Å². The van der Waals surface area contributed by atoms with E-state index in [1.807, 2.05) is 4.90 Å². The van der Waals surface area contributed by atoms with E-state index in [1.165, 1.54) is 12.8 Å². The Morgan fingerprint density at radius 1 is 1.11 bits per heavy atom. The monoisotopic (exact) mass is 269 g/mol. The minimum atomic E-state index is 0.0441. The summed E-state index contributed by atoms with van der Waals surface area (Å²) in [6, 6.07) is 0.0441. The van der Waals surface area contributed by atoms with Crippen LogP contribution in [0.2, 0.25) is 0 Å². The van der Waals surface area contributed by atoms with Crippen molar-refractivity contribution >= 4 is 5.91 Å². The number of hydrogen-bond donors (Lipinski definition) is 0. The van der Waals surface area contributed by atoms with Gasteiger partial charge in [-0.3, -0.25) is 14.6 Å². The Labute approximate surface area is 116 Å². The van der Waals surface area contributed by atoms with Crippen LogP contribution in [0.3, 0.4) is 0 Å². The average Bonchev–Trinajstić information content (AvgIpc) is 2.98. The largest absolute Gasteiger partial charge is 0.383 e. The first-order valence-corrected chi connectivity index (χ1v) is 7.46. The van der Waals surface area contributed by atoms with Gasteiger partial charge in [-0.2, -0.15) is 0 Å². The van der Waals surface area contributed by atoms with Gasteiger partial charge in [0.15, 0.2) is 0 Å². The summed E-state index contributed by atoms with van der Waals surface area (Å²) in [6.45, 7) is 9.83. The van der Waals surface area contributed by atoms with Gasteiger partial charge in [0.05, 0.1) is 12.6 Å². The number of methoxy groups -OCH3 is 1. The first-order chi connectivity index (χ1) is 9.22. The van der Waals surface area contributed by atoms with E-state index in [0.717, 1.165) is 52.4 Å². The Morgan fingerprint density at radius 3 is 2.32 bits per heavy atom. The SMILES string of the molecule is COCCN1CCN(C(C)C(=O)N2CCCC2)CC1. The highest BCUT2D eigenvalue weighted by atomic mass is 16.5. The van der Waals surface area contributed by atoms with Gasteiger partial charge in [0.2, 0.25) is 5.91 Å². The minimum absolute atomic E-state index is 0.0441. The highest BCUT2D eigenvalue weighted by Gasteiger charge is 2.29. The second-order valence-corrected chi connectivity index (χ2v) is 5.58. The molecule has 5 heteroatoms. The van der Waals surface area contributed by atoms with Crippen LogP contribution in [0.15, 0.2) is 0 Å². The van der Waals surface area contributed by atoms with Crippen molar-refractivity contribution in [1.29, 1.82) is 0 Å². The predicted octanol–water partition coefficient (Wildman–Crippen LogP) is 0.261. The van der Waals surface area contributed by atoms with Gasteiger partial charge in [-0.25, -0.2) is 0 Å². The molecule has 0 aromatic rings. The minimum Gasteiger partial charge on any atom is -0.383 e. The molecule has 0 spiro atoms. The van der Waals surface area contributed by atoms with Gasteiger partial charge in [0.25, 0.3) is 0 Å². The van der Waals surface area contributed by atoms with Crippen molar-refractivity contribution < 1.29 is 9.53 Å². The number of carbonyl (C=O) groups excluding carboxylic acids is 1. The zero-order valence-electron chi connectivity index (χ0n) is 12.3. The van der Waals surface area contributed by atoms with Gasteiger partial charge in [-0.15, -0.1) is 0 Å². The first-order valence-electron chi connectivity index (χ1n) is 7.46. The van der Waals surface area contributed by atoms with Crippen molar-refractivity contribution in [1.82, 2.24) is 14.7 Å². The number of amides is 1. The fourth-order valence-corrected chi connectivity index (χ4v) is 2.95. The van der Waals surface area contributed by atoms with E-state index in [9.17, 15) is 4.79 Å². The summed E-state index contributed by atoms with van der Waals surface area (Å²) >= 11 is 0. The lowest BCUT2D eigenvalue weighted by Gasteiger charge is -2.38. The second-order valence-electron chi connectivity index (χ2n) is 5.58. The van der Waals surface area contributed by atoms with E-state index in [0.29, 0.717) is 5.91 Å². The molecule has 2 aliphatic rings. The zero-order chi connectivity index (χ0) is 13.7. The summed E-state index contributed by atoms with van der Waals surface area (Å²) in [5.41, 5.74) is 0. The third-order valence-electron chi connectivity index (χ3n) is 4.34. The van der Waals surface area contributed by atoms with Crippen LogP contribution in [0.1, 0.15) is 19.8 Å². The maximum atomic E-state index is 12.3. The molecule has 1 atom stereocenters. The number of rotatable bonds is 5. The molecular weight excluding hydrogens is 242 g/mol. The zero-order valence-corrected chi connectivity index (χ0v) is 12.3. The molecule has 5 nitrogen and oxygen atoms in total. The van der Waals surface area contributed by atoms with E-state index in [1.54, 1.807) is 7.11 Å². The molecule has 19 heavy (non-hydrogen) atoms. The fraction of sp³-hybridized carbons (Fsp3) is 0.929. The molecule has 1 amide bonds. The maximum absolute atomic E-state index is 12.3.